The lowest BCUT2D eigenvalue weighted by atomic mass is 10.1. The van der Waals surface area contributed by atoms with Gasteiger partial charge in [-0.05, 0) is 36.8 Å². The molecule has 0 unspecified atom stereocenters. The summed E-state index contributed by atoms with van der Waals surface area (Å²) in [6.07, 6.45) is 0.804. The van der Waals surface area contributed by atoms with Crippen molar-refractivity contribution in [2.24, 2.45) is 0 Å². The van der Waals surface area contributed by atoms with Crippen LogP contribution in [0.1, 0.15) is 23.7 Å². The van der Waals surface area contributed by atoms with Gasteiger partial charge in [0.25, 0.3) is 11.8 Å². The molecule has 0 spiro atoms. The summed E-state index contributed by atoms with van der Waals surface area (Å²) in [7, 11) is 1.50. The van der Waals surface area contributed by atoms with Gasteiger partial charge < -0.3 is 20.1 Å². The molecule has 0 saturated carbocycles. The number of amides is 3. The summed E-state index contributed by atoms with van der Waals surface area (Å²) in [6.45, 7) is 2.24. The fourth-order valence-corrected chi connectivity index (χ4v) is 2.95. The number of hydrogen-bond acceptors (Lipinski definition) is 5. The van der Waals surface area contributed by atoms with Crippen LogP contribution in [0, 0.1) is 0 Å². The van der Waals surface area contributed by atoms with Gasteiger partial charge in [0.1, 0.15) is 18.0 Å². The van der Waals surface area contributed by atoms with Crippen LogP contribution in [0.3, 0.4) is 0 Å². The van der Waals surface area contributed by atoms with Gasteiger partial charge in [0.2, 0.25) is 5.91 Å². The molecule has 2 aromatic carbocycles. The summed E-state index contributed by atoms with van der Waals surface area (Å²) < 4.78 is 10.7. The Morgan fingerprint density at radius 3 is 2.76 bits per heavy atom. The second-order valence-electron chi connectivity index (χ2n) is 6.46. The smallest absolute Gasteiger partial charge is 0.265 e. The van der Waals surface area contributed by atoms with Crippen molar-refractivity contribution < 1.29 is 23.9 Å². The van der Waals surface area contributed by atoms with Gasteiger partial charge in [-0.1, -0.05) is 19.1 Å². The van der Waals surface area contributed by atoms with Crippen LogP contribution in [0.25, 0.3) is 0 Å². The topological polar surface area (TPSA) is 97.0 Å². The normalized spacial score (nSPS) is 12.6. The predicted molar refractivity (Wildman–Crippen MR) is 109 cm³/mol. The fraction of sp³-hybridized carbons (Fsp3) is 0.286. The van der Waals surface area contributed by atoms with Gasteiger partial charge in [0.05, 0.1) is 18.4 Å². The largest absolute Gasteiger partial charge is 0.496 e. The minimum absolute atomic E-state index is 0.112. The first-order valence-electron chi connectivity index (χ1n) is 9.31. The van der Waals surface area contributed by atoms with Gasteiger partial charge in [0, 0.05) is 12.2 Å². The Bertz CT molecular complexity index is 928. The fourth-order valence-electron chi connectivity index (χ4n) is 2.95. The lowest BCUT2D eigenvalue weighted by molar-refractivity contribution is -0.125. The van der Waals surface area contributed by atoms with Crippen LogP contribution in [0.15, 0.2) is 42.5 Å². The van der Waals surface area contributed by atoms with E-state index >= 15 is 0 Å². The molecule has 3 rings (SSSR count). The predicted octanol–water partition coefficient (Wildman–Crippen LogP) is 2.20. The first kappa shape index (κ1) is 20.2. The molecule has 3 amide bonds. The zero-order valence-electron chi connectivity index (χ0n) is 16.4. The number of carbonyl (C=O) groups is 3. The highest BCUT2D eigenvalue weighted by molar-refractivity contribution is 6.07. The number of rotatable bonds is 7. The summed E-state index contributed by atoms with van der Waals surface area (Å²) in [4.78, 5) is 38.4. The third-order valence-electron chi connectivity index (χ3n) is 4.39. The molecule has 0 aromatic heterocycles. The molecule has 8 heteroatoms. The lowest BCUT2D eigenvalue weighted by Crippen LogP contribution is -2.45. The molecule has 2 aromatic rings. The monoisotopic (exact) mass is 397 g/mol. The summed E-state index contributed by atoms with van der Waals surface area (Å²) in [6, 6.07) is 11.8. The van der Waals surface area contributed by atoms with Gasteiger partial charge in [-0.25, -0.2) is 0 Å². The third-order valence-corrected chi connectivity index (χ3v) is 4.39. The van der Waals surface area contributed by atoms with Gasteiger partial charge in [-0.3, -0.25) is 19.3 Å². The second-order valence-corrected chi connectivity index (χ2v) is 6.46. The first-order chi connectivity index (χ1) is 14.0. The van der Waals surface area contributed by atoms with Gasteiger partial charge in [-0.15, -0.1) is 0 Å². The Morgan fingerprint density at radius 2 is 2.00 bits per heavy atom. The van der Waals surface area contributed by atoms with Crippen LogP contribution in [0.2, 0.25) is 0 Å². The van der Waals surface area contributed by atoms with Gasteiger partial charge >= 0.3 is 0 Å². The molecule has 1 aliphatic rings. The quantitative estimate of drug-likeness (QED) is 0.747. The molecule has 29 heavy (non-hydrogen) atoms. The summed E-state index contributed by atoms with van der Waals surface area (Å²) in [5.41, 5.74) is 1.29. The maximum absolute atomic E-state index is 12.6. The molecule has 0 radical (unpaired) electrons. The van der Waals surface area contributed by atoms with Crippen LogP contribution in [-0.2, 0) is 9.59 Å². The molecule has 0 atom stereocenters. The Kier molecular flexibility index (Phi) is 6.33. The molecular formula is C21H23N3O5. The number of carbonyl (C=O) groups excluding carboxylic acids is 3. The summed E-state index contributed by atoms with van der Waals surface area (Å²) in [5, 5.41) is 5.55. The molecule has 1 heterocycles. The molecule has 2 N–H and O–H groups in total. The minimum atomic E-state index is -0.349. The average Bonchev–Trinajstić information content (AvgIpc) is 2.74. The van der Waals surface area contributed by atoms with Crippen molar-refractivity contribution >= 4 is 29.1 Å². The molecule has 8 nitrogen and oxygen atoms in total. The van der Waals surface area contributed by atoms with E-state index in [-0.39, 0.29) is 30.9 Å². The Morgan fingerprint density at radius 1 is 1.21 bits per heavy atom. The van der Waals surface area contributed by atoms with Crippen molar-refractivity contribution in [1.82, 2.24) is 5.32 Å². The number of benzene rings is 2. The third kappa shape index (κ3) is 4.66. The first-order valence-corrected chi connectivity index (χ1v) is 9.31. The van der Waals surface area contributed by atoms with Crippen molar-refractivity contribution in [3.63, 3.8) is 0 Å². The van der Waals surface area contributed by atoms with Crippen LogP contribution in [0.5, 0.6) is 11.5 Å². The number of hydrogen-bond donors (Lipinski definition) is 2. The number of fused-ring (bicyclic) bond motifs is 1. The average molecular weight is 397 g/mol. The van der Waals surface area contributed by atoms with Crippen LogP contribution in [-0.4, -0.2) is 44.5 Å². The summed E-state index contributed by atoms with van der Waals surface area (Å²) >= 11 is 0. The molecule has 0 saturated heterocycles. The zero-order chi connectivity index (χ0) is 20.8. The molecule has 0 aliphatic carbocycles. The van der Waals surface area contributed by atoms with Crippen molar-refractivity contribution in [3.8, 4) is 11.5 Å². The maximum Gasteiger partial charge on any atom is 0.265 e. The number of nitrogens with one attached hydrogen (secondary N) is 2. The van der Waals surface area contributed by atoms with Gasteiger partial charge in [-0.2, -0.15) is 0 Å². The van der Waals surface area contributed by atoms with Crippen molar-refractivity contribution in [1.29, 1.82) is 0 Å². The standard InChI is InChI=1S/C21H23N3O5/c1-3-10-22-19(25)12-24-16-11-14(8-9-18(16)29-13-20(24)26)23-21(27)15-6-4-5-7-17(15)28-2/h4-9,11H,3,10,12-13H2,1-2H3,(H,22,25)(H,23,27). The molecule has 0 fully saturated rings. The van der Waals surface area contributed by atoms with E-state index in [1.54, 1.807) is 42.5 Å². The van der Waals surface area contributed by atoms with Crippen LogP contribution >= 0.6 is 0 Å². The molecular weight excluding hydrogens is 374 g/mol. The Labute approximate surface area is 168 Å². The Balaban J connectivity index is 1.82. The van der Waals surface area contributed by atoms with E-state index in [2.05, 4.69) is 10.6 Å². The molecule has 1 aliphatic heterocycles. The molecule has 152 valence electrons. The number of methoxy groups -OCH3 is 1. The lowest BCUT2D eigenvalue weighted by Gasteiger charge is -2.29. The van der Waals surface area contributed by atoms with Crippen LogP contribution in [0.4, 0.5) is 11.4 Å². The summed E-state index contributed by atoms with van der Waals surface area (Å²) in [5.74, 6) is 0.00503. The minimum Gasteiger partial charge on any atom is -0.496 e. The van der Waals surface area contributed by atoms with E-state index in [4.69, 9.17) is 9.47 Å². The molecule has 0 bridgehead atoms. The number of anilines is 2. The van der Waals surface area contributed by atoms with E-state index < -0.39 is 0 Å². The highest BCUT2D eigenvalue weighted by atomic mass is 16.5. The zero-order valence-corrected chi connectivity index (χ0v) is 16.4. The number of nitrogens with zero attached hydrogens (tertiary/aromatic N) is 1. The SMILES string of the molecule is CCCNC(=O)CN1C(=O)COc2ccc(NC(=O)c3ccccc3OC)cc21. The van der Waals surface area contributed by atoms with E-state index in [1.165, 1.54) is 12.0 Å². The second kappa shape index (κ2) is 9.09. The van der Waals surface area contributed by atoms with Gasteiger partial charge in [0.15, 0.2) is 6.61 Å². The van der Waals surface area contributed by atoms with Crippen LogP contribution < -0.4 is 25.0 Å². The highest BCUT2D eigenvalue weighted by Crippen LogP contribution is 2.34. The van der Waals surface area contributed by atoms with E-state index in [0.29, 0.717) is 35.0 Å². The number of para-hydroxylation sites is 1. The number of ether oxygens (including phenoxy) is 2. The maximum atomic E-state index is 12.6. The van der Waals surface area contributed by atoms with E-state index in [0.717, 1.165) is 6.42 Å². The van der Waals surface area contributed by atoms with E-state index in [1.807, 2.05) is 6.92 Å². The van der Waals surface area contributed by atoms with Crippen molar-refractivity contribution in [2.45, 2.75) is 13.3 Å². The highest BCUT2D eigenvalue weighted by Gasteiger charge is 2.28. The Hall–Kier alpha value is -3.55. The van der Waals surface area contributed by atoms with E-state index in [9.17, 15) is 14.4 Å². The van der Waals surface area contributed by atoms with Crippen molar-refractivity contribution in [3.05, 3.63) is 48.0 Å². The van der Waals surface area contributed by atoms with Crippen molar-refractivity contribution in [2.75, 3.05) is 37.0 Å².